The number of esters is 1. The molecule has 0 spiro atoms. The molecule has 3 N–H and O–H groups in total. The van der Waals surface area contributed by atoms with E-state index in [2.05, 4.69) is 4.84 Å². The molecule has 8 nitrogen and oxygen atoms in total. The maximum absolute atomic E-state index is 12.0. The number of ether oxygens (including phenoxy) is 2. The van der Waals surface area contributed by atoms with E-state index in [9.17, 15) is 9.90 Å². The van der Waals surface area contributed by atoms with Crippen molar-refractivity contribution in [1.29, 1.82) is 0 Å². The first-order chi connectivity index (χ1) is 12.0. The van der Waals surface area contributed by atoms with E-state index in [4.69, 9.17) is 19.9 Å². The number of carbonyl (C=O) groups is 1. The fourth-order valence-electron chi connectivity index (χ4n) is 2.08. The average molecular weight is 349 g/mol. The van der Waals surface area contributed by atoms with Crippen LogP contribution in [0.15, 0.2) is 42.5 Å². The first-order valence-corrected chi connectivity index (χ1v) is 7.42. The van der Waals surface area contributed by atoms with Gasteiger partial charge in [0.05, 0.1) is 24.7 Å². The predicted octanol–water partition coefficient (Wildman–Crippen LogP) is 2.31. The van der Waals surface area contributed by atoms with Crippen LogP contribution in [0.1, 0.15) is 21.5 Å². The van der Waals surface area contributed by atoms with Gasteiger partial charge < -0.3 is 14.6 Å². The number of hydrogen-bond donors (Lipinski definition) is 3. The second-order valence-electron chi connectivity index (χ2n) is 5.12. The van der Waals surface area contributed by atoms with Crippen LogP contribution in [0.3, 0.4) is 0 Å². The minimum absolute atomic E-state index is 0.0517. The molecule has 2 aromatic carbocycles. The third-order valence-corrected chi connectivity index (χ3v) is 3.41. The number of benzene rings is 2. The normalized spacial score (nSPS) is 10.7. The molecule has 0 amide bonds. The Morgan fingerprint density at radius 3 is 2.40 bits per heavy atom. The number of hydrogen-bond acceptors (Lipinski definition) is 8. The van der Waals surface area contributed by atoms with E-state index in [1.807, 2.05) is 12.1 Å². The lowest BCUT2D eigenvalue weighted by Crippen LogP contribution is -2.16. The van der Waals surface area contributed by atoms with E-state index in [1.54, 1.807) is 12.1 Å². The second-order valence-corrected chi connectivity index (χ2v) is 5.12. The molecular weight excluding hydrogens is 330 g/mol. The molecule has 0 saturated heterocycles. The average Bonchev–Trinajstić information content (AvgIpc) is 2.61. The Hall–Kier alpha value is -2.65. The molecule has 8 heteroatoms. The van der Waals surface area contributed by atoms with Crippen LogP contribution in [-0.2, 0) is 22.6 Å². The highest BCUT2D eigenvalue weighted by atomic mass is 17.1. The highest BCUT2D eigenvalue weighted by Crippen LogP contribution is 2.26. The van der Waals surface area contributed by atoms with Crippen molar-refractivity contribution in [3.8, 4) is 11.5 Å². The van der Waals surface area contributed by atoms with E-state index in [-0.39, 0.29) is 35.7 Å². The van der Waals surface area contributed by atoms with Crippen molar-refractivity contribution in [2.24, 2.45) is 0 Å². The Kier molecular flexibility index (Phi) is 6.72. The lowest BCUT2D eigenvalue weighted by Gasteiger charge is -2.09. The summed E-state index contributed by atoms with van der Waals surface area (Å²) in [4.78, 5) is 16.5. The second kappa shape index (κ2) is 9.00. The first kappa shape index (κ1) is 18.7. The molecule has 25 heavy (non-hydrogen) atoms. The van der Waals surface area contributed by atoms with Crippen molar-refractivity contribution < 1.29 is 34.6 Å². The monoisotopic (exact) mass is 349 g/mol. The van der Waals surface area contributed by atoms with E-state index in [0.717, 1.165) is 11.1 Å². The quantitative estimate of drug-likeness (QED) is 0.492. The Labute approximate surface area is 144 Å². The summed E-state index contributed by atoms with van der Waals surface area (Å²) in [6.45, 7) is 0.212. The molecule has 0 radical (unpaired) electrons. The number of aromatic hydroxyl groups is 1. The molecular formula is C17H19NO7. The summed E-state index contributed by atoms with van der Waals surface area (Å²) < 4.78 is 10.2. The molecule has 0 aromatic heterocycles. The fraction of sp³-hybridized carbons (Fsp3) is 0.235. The molecule has 0 heterocycles. The number of rotatable bonds is 8. The lowest BCUT2D eigenvalue weighted by molar-refractivity contribution is -0.492. The standard InChI is InChI=1S/C17H19NO7/c1-23-16-10-14(6-7-15(16)19)17(20)24-11-13-4-2-12(3-5-13)8-9-25-18(21)22/h2-7,10,19,21-22H,8-9,11H2,1H3. The van der Waals surface area contributed by atoms with Gasteiger partial charge in [-0.05, 0) is 35.7 Å². The zero-order valence-corrected chi connectivity index (χ0v) is 13.6. The Bertz CT molecular complexity index is 701. The van der Waals surface area contributed by atoms with E-state index < -0.39 is 5.97 Å². The highest BCUT2D eigenvalue weighted by Gasteiger charge is 2.11. The van der Waals surface area contributed by atoms with Gasteiger partial charge in [0, 0.05) is 0 Å². The Morgan fingerprint density at radius 1 is 1.08 bits per heavy atom. The van der Waals surface area contributed by atoms with Gasteiger partial charge in [-0.15, -0.1) is 0 Å². The Morgan fingerprint density at radius 2 is 1.76 bits per heavy atom. The van der Waals surface area contributed by atoms with E-state index in [1.165, 1.54) is 25.3 Å². The molecule has 2 aromatic rings. The van der Waals surface area contributed by atoms with Gasteiger partial charge in [-0.3, -0.25) is 15.3 Å². The molecule has 0 unspecified atom stereocenters. The van der Waals surface area contributed by atoms with Gasteiger partial charge in [-0.2, -0.15) is 0 Å². The van der Waals surface area contributed by atoms with E-state index >= 15 is 0 Å². The van der Waals surface area contributed by atoms with Crippen molar-refractivity contribution in [2.75, 3.05) is 13.7 Å². The summed E-state index contributed by atoms with van der Waals surface area (Å²) >= 11 is 0. The summed E-state index contributed by atoms with van der Waals surface area (Å²) in [7, 11) is 1.40. The van der Waals surface area contributed by atoms with Crippen LogP contribution in [0, 0.1) is 0 Å². The van der Waals surface area contributed by atoms with Crippen LogP contribution < -0.4 is 4.74 Å². The molecule has 2 rings (SSSR count). The van der Waals surface area contributed by atoms with Crippen LogP contribution in [-0.4, -0.2) is 40.6 Å². The molecule has 0 aliphatic carbocycles. The maximum Gasteiger partial charge on any atom is 0.338 e. The van der Waals surface area contributed by atoms with Crippen LogP contribution in [0.25, 0.3) is 0 Å². The predicted molar refractivity (Wildman–Crippen MR) is 85.3 cm³/mol. The maximum atomic E-state index is 12.0. The molecule has 0 bridgehead atoms. The molecule has 0 aliphatic heterocycles. The van der Waals surface area contributed by atoms with Gasteiger partial charge >= 0.3 is 5.97 Å². The van der Waals surface area contributed by atoms with Gasteiger partial charge in [0.25, 0.3) is 0 Å². The van der Waals surface area contributed by atoms with Crippen LogP contribution >= 0.6 is 0 Å². The van der Waals surface area contributed by atoms with Crippen molar-refractivity contribution in [1.82, 2.24) is 5.39 Å². The fourth-order valence-corrected chi connectivity index (χ4v) is 2.08. The van der Waals surface area contributed by atoms with Gasteiger partial charge in [0.1, 0.15) is 6.61 Å². The third kappa shape index (κ3) is 5.73. The van der Waals surface area contributed by atoms with Crippen molar-refractivity contribution in [3.63, 3.8) is 0 Å². The van der Waals surface area contributed by atoms with Crippen molar-refractivity contribution in [2.45, 2.75) is 13.0 Å². The number of phenolic OH excluding ortho intramolecular Hbond substituents is 1. The summed E-state index contributed by atoms with van der Waals surface area (Å²) in [5, 5.41) is 26.1. The Balaban J connectivity index is 1.87. The van der Waals surface area contributed by atoms with Crippen LogP contribution in [0.2, 0.25) is 0 Å². The minimum atomic E-state index is -0.526. The van der Waals surface area contributed by atoms with E-state index in [0.29, 0.717) is 6.42 Å². The number of nitrogens with zero attached hydrogens (tertiary/aromatic N) is 1. The molecule has 0 saturated carbocycles. The van der Waals surface area contributed by atoms with Crippen molar-refractivity contribution in [3.05, 3.63) is 59.2 Å². The lowest BCUT2D eigenvalue weighted by atomic mass is 10.1. The number of methoxy groups -OCH3 is 1. The summed E-state index contributed by atoms with van der Waals surface area (Å²) in [5.41, 5.74) is 2.01. The highest BCUT2D eigenvalue weighted by molar-refractivity contribution is 5.90. The summed E-state index contributed by atoms with van der Waals surface area (Å²) in [6, 6.07) is 11.5. The minimum Gasteiger partial charge on any atom is -0.504 e. The smallest absolute Gasteiger partial charge is 0.338 e. The zero-order valence-electron chi connectivity index (χ0n) is 13.6. The van der Waals surface area contributed by atoms with Gasteiger partial charge in [0.2, 0.25) is 0 Å². The largest absolute Gasteiger partial charge is 0.504 e. The molecule has 0 aliphatic rings. The third-order valence-electron chi connectivity index (χ3n) is 3.41. The van der Waals surface area contributed by atoms with Gasteiger partial charge in [0.15, 0.2) is 11.5 Å². The summed E-state index contributed by atoms with van der Waals surface area (Å²) in [6.07, 6.45) is 0.491. The molecule has 0 atom stereocenters. The van der Waals surface area contributed by atoms with Gasteiger partial charge in [-0.25, -0.2) is 4.79 Å². The molecule has 0 fully saturated rings. The number of carbonyl (C=O) groups excluding carboxylic acids is 1. The number of phenols is 1. The summed E-state index contributed by atoms with van der Waals surface area (Å²) in [5.74, 6) is -0.378. The van der Waals surface area contributed by atoms with Crippen molar-refractivity contribution >= 4 is 5.97 Å². The SMILES string of the molecule is COc1cc(C(=O)OCc2ccc(CCON(O)O)cc2)ccc1O. The zero-order chi connectivity index (χ0) is 18.2. The first-order valence-electron chi connectivity index (χ1n) is 7.42. The van der Waals surface area contributed by atoms with Crippen LogP contribution in [0.5, 0.6) is 11.5 Å². The van der Waals surface area contributed by atoms with Crippen LogP contribution in [0.4, 0.5) is 0 Å². The molecule has 134 valence electrons. The topological polar surface area (TPSA) is 109 Å². The van der Waals surface area contributed by atoms with Gasteiger partial charge in [-0.1, -0.05) is 24.3 Å².